The number of nitrogens with zero attached hydrogens (tertiary/aromatic N) is 2. The molecule has 0 amide bonds. The molecule has 4 heteroatoms. The van der Waals surface area contributed by atoms with E-state index >= 15 is 0 Å². The van der Waals surface area contributed by atoms with Crippen LogP contribution in [0.5, 0.6) is 0 Å². The van der Waals surface area contributed by atoms with Crippen LogP contribution in [0, 0.1) is 0 Å². The van der Waals surface area contributed by atoms with Crippen LogP contribution in [0.15, 0.2) is 6.07 Å². The predicted molar refractivity (Wildman–Crippen MR) is 53.9 cm³/mol. The fourth-order valence-electron chi connectivity index (χ4n) is 1.70. The van der Waals surface area contributed by atoms with Gasteiger partial charge in [0.15, 0.2) is 0 Å². The van der Waals surface area contributed by atoms with Gasteiger partial charge in [0.1, 0.15) is 0 Å². The molecule has 0 saturated carbocycles. The molecule has 4 nitrogen and oxygen atoms in total. The minimum absolute atomic E-state index is 0.516. The summed E-state index contributed by atoms with van der Waals surface area (Å²) < 4.78 is 7.41. The predicted octanol–water partition coefficient (Wildman–Crippen LogP) is 0.911. The Labute approximate surface area is 84.3 Å². The summed E-state index contributed by atoms with van der Waals surface area (Å²) in [6.45, 7) is 7.43. The minimum Gasteiger partial charge on any atom is -0.375 e. The summed E-state index contributed by atoms with van der Waals surface area (Å²) in [7, 11) is 0. The lowest BCUT2D eigenvalue weighted by atomic mass is 10.2. The maximum absolute atomic E-state index is 5.33. The van der Waals surface area contributed by atoms with E-state index in [2.05, 4.69) is 28.1 Å². The Hall–Kier alpha value is -0.870. The number of hydrogen-bond acceptors (Lipinski definition) is 3. The first-order chi connectivity index (χ1) is 6.79. The zero-order chi connectivity index (χ0) is 9.97. The Balaban J connectivity index is 2.07. The van der Waals surface area contributed by atoms with Crippen LogP contribution in [0.1, 0.15) is 25.2 Å². The molecule has 0 spiro atoms. The van der Waals surface area contributed by atoms with Gasteiger partial charge in [-0.1, -0.05) is 0 Å². The lowest BCUT2D eigenvalue weighted by Gasteiger charge is -2.21. The van der Waals surface area contributed by atoms with Crippen molar-refractivity contribution < 1.29 is 4.74 Å². The lowest BCUT2D eigenvalue weighted by Crippen LogP contribution is -2.36. The Morgan fingerprint density at radius 3 is 3.36 bits per heavy atom. The van der Waals surface area contributed by atoms with Gasteiger partial charge in [-0.2, -0.15) is 5.10 Å². The smallest absolute Gasteiger partial charge is 0.0906 e. The Kier molecular flexibility index (Phi) is 2.84. The number of fused-ring (bicyclic) bond motifs is 1. The molecule has 1 aromatic rings. The SMILES string of the molecule is CCOCc1cc2n(n1)CC(C)NC2. The average Bonchev–Trinajstić information content (AvgIpc) is 2.56. The third-order valence-corrected chi connectivity index (χ3v) is 2.45. The lowest BCUT2D eigenvalue weighted by molar-refractivity contribution is 0.130. The molecule has 0 radical (unpaired) electrons. The topological polar surface area (TPSA) is 39.1 Å². The molecule has 2 rings (SSSR count). The Bertz CT molecular complexity index is 308. The van der Waals surface area contributed by atoms with Gasteiger partial charge in [0.05, 0.1) is 24.5 Å². The molecule has 78 valence electrons. The largest absolute Gasteiger partial charge is 0.375 e. The minimum atomic E-state index is 0.516. The second kappa shape index (κ2) is 4.11. The van der Waals surface area contributed by atoms with Gasteiger partial charge < -0.3 is 10.1 Å². The first-order valence-corrected chi connectivity index (χ1v) is 5.16. The maximum Gasteiger partial charge on any atom is 0.0906 e. The molecule has 0 saturated heterocycles. The highest BCUT2D eigenvalue weighted by atomic mass is 16.5. The molecule has 0 fully saturated rings. The van der Waals surface area contributed by atoms with Crippen LogP contribution in [-0.4, -0.2) is 22.4 Å². The number of nitrogens with one attached hydrogen (secondary N) is 1. The molecule has 0 aliphatic carbocycles. The average molecular weight is 195 g/mol. The number of rotatable bonds is 3. The molecule has 2 heterocycles. The Morgan fingerprint density at radius 1 is 1.71 bits per heavy atom. The normalized spacial score (nSPS) is 20.9. The van der Waals surface area contributed by atoms with E-state index in [0.29, 0.717) is 12.6 Å². The highest BCUT2D eigenvalue weighted by molar-refractivity contribution is 5.11. The van der Waals surface area contributed by atoms with Gasteiger partial charge in [0, 0.05) is 19.2 Å². The van der Waals surface area contributed by atoms with Crippen molar-refractivity contribution in [2.24, 2.45) is 0 Å². The van der Waals surface area contributed by atoms with Crippen molar-refractivity contribution in [2.75, 3.05) is 6.61 Å². The van der Waals surface area contributed by atoms with E-state index in [9.17, 15) is 0 Å². The molecule has 1 N–H and O–H groups in total. The van der Waals surface area contributed by atoms with Crippen molar-refractivity contribution in [1.29, 1.82) is 0 Å². The molecular formula is C10H17N3O. The van der Waals surface area contributed by atoms with Gasteiger partial charge in [-0.05, 0) is 19.9 Å². The van der Waals surface area contributed by atoms with Crippen molar-refractivity contribution >= 4 is 0 Å². The highest BCUT2D eigenvalue weighted by Crippen LogP contribution is 2.11. The van der Waals surface area contributed by atoms with Crippen LogP contribution < -0.4 is 5.32 Å². The van der Waals surface area contributed by atoms with E-state index in [0.717, 1.165) is 25.4 Å². The van der Waals surface area contributed by atoms with Crippen LogP contribution in [0.25, 0.3) is 0 Å². The fourth-order valence-corrected chi connectivity index (χ4v) is 1.70. The van der Waals surface area contributed by atoms with E-state index in [1.165, 1.54) is 5.69 Å². The van der Waals surface area contributed by atoms with Crippen LogP contribution in [0.2, 0.25) is 0 Å². The summed E-state index contributed by atoms with van der Waals surface area (Å²) in [5.74, 6) is 0. The third-order valence-electron chi connectivity index (χ3n) is 2.45. The second-order valence-corrected chi connectivity index (χ2v) is 3.73. The molecule has 1 unspecified atom stereocenters. The summed E-state index contributed by atoms with van der Waals surface area (Å²) in [6.07, 6.45) is 0. The second-order valence-electron chi connectivity index (χ2n) is 3.73. The van der Waals surface area contributed by atoms with Gasteiger partial charge >= 0.3 is 0 Å². The molecule has 1 aliphatic rings. The summed E-state index contributed by atoms with van der Waals surface area (Å²) >= 11 is 0. The van der Waals surface area contributed by atoms with Gasteiger partial charge in [-0.3, -0.25) is 4.68 Å². The van der Waals surface area contributed by atoms with E-state index in [1.54, 1.807) is 0 Å². The van der Waals surface area contributed by atoms with Crippen molar-refractivity contribution in [3.8, 4) is 0 Å². The van der Waals surface area contributed by atoms with E-state index < -0.39 is 0 Å². The van der Waals surface area contributed by atoms with Crippen LogP contribution >= 0.6 is 0 Å². The van der Waals surface area contributed by atoms with E-state index in [-0.39, 0.29) is 0 Å². The summed E-state index contributed by atoms with van der Waals surface area (Å²) in [5, 5.41) is 7.90. The molecule has 0 bridgehead atoms. The molecule has 14 heavy (non-hydrogen) atoms. The maximum atomic E-state index is 5.33. The molecule has 1 aliphatic heterocycles. The fraction of sp³-hybridized carbons (Fsp3) is 0.700. The van der Waals surface area contributed by atoms with Gasteiger partial charge in [-0.15, -0.1) is 0 Å². The summed E-state index contributed by atoms with van der Waals surface area (Å²) in [4.78, 5) is 0. The van der Waals surface area contributed by atoms with E-state index in [1.807, 2.05) is 6.92 Å². The first kappa shape index (κ1) is 9.68. The van der Waals surface area contributed by atoms with Crippen molar-refractivity contribution in [3.05, 3.63) is 17.5 Å². The molecule has 1 atom stereocenters. The van der Waals surface area contributed by atoms with Gasteiger partial charge in [-0.25, -0.2) is 0 Å². The van der Waals surface area contributed by atoms with Gasteiger partial charge in [0.25, 0.3) is 0 Å². The van der Waals surface area contributed by atoms with Crippen molar-refractivity contribution in [2.45, 2.75) is 39.6 Å². The Morgan fingerprint density at radius 2 is 2.57 bits per heavy atom. The summed E-state index contributed by atoms with van der Waals surface area (Å²) in [6, 6.07) is 2.64. The number of hydrogen-bond donors (Lipinski definition) is 1. The monoisotopic (exact) mass is 195 g/mol. The molecule has 1 aromatic heterocycles. The van der Waals surface area contributed by atoms with Crippen LogP contribution in [0.4, 0.5) is 0 Å². The van der Waals surface area contributed by atoms with E-state index in [4.69, 9.17) is 4.74 Å². The van der Waals surface area contributed by atoms with Gasteiger partial charge in [0.2, 0.25) is 0 Å². The van der Waals surface area contributed by atoms with Crippen molar-refractivity contribution in [1.82, 2.24) is 15.1 Å². The zero-order valence-corrected chi connectivity index (χ0v) is 8.79. The first-order valence-electron chi connectivity index (χ1n) is 5.16. The van der Waals surface area contributed by atoms with Crippen molar-refractivity contribution in [3.63, 3.8) is 0 Å². The van der Waals surface area contributed by atoms with Crippen LogP contribution in [-0.2, 0) is 24.4 Å². The molecular weight excluding hydrogens is 178 g/mol. The molecule has 0 aromatic carbocycles. The number of ether oxygens (including phenoxy) is 1. The third kappa shape index (κ3) is 1.96. The van der Waals surface area contributed by atoms with Crippen LogP contribution in [0.3, 0.4) is 0 Å². The zero-order valence-electron chi connectivity index (χ0n) is 8.79. The standard InChI is InChI=1S/C10H17N3O/c1-3-14-7-9-4-10-5-11-8(2)6-13(10)12-9/h4,8,11H,3,5-7H2,1-2H3. The highest BCUT2D eigenvalue weighted by Gasteiger charge is 2.15. The number of aromatic nitrogens is 2. The quantitative estimate of drug-likeness (QED) is 0.779. The summed E-state index contributed by atoms with van der Waals surface area (Å²) in [5.41, 5.74) is 2.30.